The zero-order chi connectivity index (χ0) is 16.1. The summed E-state index contributed by atoms with van der Waals surface area (Å²) in [4.78, 5) is 4.46. The highest BCUT2D eigenvalue weighted by Gasteiger charge is 2.18. The third kappa shape index (κ3) is 2.10. The second kappa shape index (κ2) is 4.87. The standard InChI is InChI=1S/C17H14F2N4/c1-9-5-12(6-11-7-20-22-15(9)11)23-8-14(16(18)19)13-4-3-10(2)21-17(13)23/h3-8,16H,1-2H3,(H,20,22). The van der Waals surface area contributed by atoms with Gasteiger partial charge in [-0.15, -0.1) is 0 Å². The fraction of sp³-hybridized carbons (Fsp3) is 0.176. The van der Waals surface area contributed by atoms with E-state index in [4.69, 9.17) is 0 Å². The van der Waals surface area contributed by atoms with Crippen molar-refractivity contribution in [3.05, 3.63) is 53.5 Å². The van der Waals surface area contributed by atoms with E-state index < -0.39 is 6.43 Å². The van der Waals surface area contributed by atoms with Crippen LogP contribution in [0.5, 0.6) is 0 Å². The Hall–Kier alpha value is -2.76. The van der Waals surface area contributed by atoms with Gasteiger partial charge in [-0.25, -0.2) is 13.8 Å². The first-order valence-corrected chi connectivity index (χ1v) is 7.25. The summed E-state index contributed by atoms with van der Waals surface area (Å²) in [6.07, 6.45) is 0.661. The summed E-state index contributed by atoms with van der Waals surface area (Å²) >= 11 is 0. The van der Waals surface area contributed by atoms with Crippen LogP contribution in [-0.4, -0.2) is 19.7 Å². The molecule has 0 bridgehead atoms. The van der Waals surface area contributed by atoms with Gasteiger partial charge in [0.05, 0.1) is 11.7 Å². The molecule has 3 aromatic heterocycles. The summed E-state index contributed by atoms with van der Waals surface area (Å²) in [5, 5.41) is 8.40. The van der Waals surface area contributed by atoms with Crippen LogP contribution in [0.3, 0.4) is 0 Å². The number of aromatic nitrogens is 4. The molecule has 0 saturated carbocycles. The molecule has 0 aliphatic rings. The number of nitrogens with one attached hydrogen (secondary N) is 1. The predicted octanol–water partition coefficient (Wildman–Crippen LogP) is 4.46. The number of aryl methyl sites for hydroxylation is 2. The van der Waals surface area contributed by atoms with Crippen molar-refractivity contribution in [1.82, 2.24) is 19.7 Å². The van der Waals surface area contributed by atoms with E-state index in [9.17, 15) is 8.78 Å². The molecule has 0 spiro atoms. The third-order valence-corrected chi connectivity index (χ3v) is 4.07. The van der Waals surface area contributed by atoms with E-state index in [0.29, 0.717) is 11.0 Å². The van der Waals surface area contributed by atoms with E-state index in [0.717, 1.165) is 27.8 Å². The Labute approximate surface area is 130 Å². The highest BCUT2D eigenvalue weighted by atomic mass is 19.3. The lowest BCUT2D eigenvalue weighted by molar-refractivity contribution is 0.153. The minimum atomic E-state index is -2.54. The first kappa shape index (κ1) is 13.9. The Morgan fingerprint density at radius 2 is 2.00 bits per heavy atom. The Bertz CT molecular complexity index is 1030. The smallest absolute Gasteiger partial charge is 0.265 e. The van der Waals surface area contributed by atoms with E-state index in [1.165, 1.54) is 6.20 Å². The minimum Gasteiger partial charge on any atom is -0.301 e. The molecule has 0 saturated heterocycles. The molecule has 6 heteroatoms. The Kier molecular flexibility index (Phi) is 2.94. The number of halogens is 2. The van der Waals surface area contributed by atoms with Crippen molar-refractivity contribution in [2.75, 3.05) is 0 Å². The summed E-state index contributed by atoms with van der Waals surface area (Å²) in [6.45, 7) is 3.81. The Morgan fingerprint density at radius 3 is 2.78 bits per heavy atom. The zero-order valence-corrected chi connectivity index (χ0v) is 12.6. The van der Waals surface area contributed by atoms with E-state index >= 15 is 0 Å². The highest BCUT2D eigenvalue weighted by Crippen LogP contribution is 2.32. The molecule has 1 aromatic carbocycles. The maximum Gasteiger partial charge on any atom is 0.265 e. The average Bonchev–Trinajstić information content (AvgIpc) is 3.10. The van der Waals surface area contributed by atoms with E-state index in [1.807, 2.05) is 26.0 Å². The minimum absolute atomic E-state index is 0.00237. The first-order chi connectivity index (χ1) is 11.0. The van der Waals surface area contributed by atoms with Gasteiger partial charge in [0.2, 0.25) is 0 Å². The molecule has 3 heterocycles. The predicted molar refractivity (Wildman–Crippen MR) is 85.2 cm³/mol. The molecule has 4 nitrogen and oxygen atoms in total. The normalized spacial score (nSPS) is 11.9. The number of fused-ring (bicyclic) bond motifs is 2. The van der Waals surface area contributed by atoms with Gasteiger partial charge in [0.15, 0.2) is 0 Å². The Balaban J connectivity index is 2.05. The van der Waals surface area contributed by atoms with Crippen LogP contribution < -0.4 is 0 Å². The van der Waals surface area contributed by atoms with E-state index in [2.05, 4.69) is 15.2 Å². The van der Waals surface area contributed by atoms with Gasteiger partial charge in [0.1, 0.15) is 5.65 Å². The lowest BCUT2D eigenvalue weighted by Crippen LogP contribution is -1.95. The van der Waals surface area contributed by atoms with Gasteiger partial charge in [-0.2, -0.15) is 5.10 Å². The highest BCUT2D eigenvalue weighted by molar-refractivity contribution is 5.86. The molecule has 4 rings (SSSR count). The molecule has 4 aromatic rings. The molecule has 0 unspecified atom stereocenters. The van der Waals surface area contributed by atoms with Gasteiger partial charge in [-0.3, -0.25) is 5.10 Å². The molecular formula is C17H14F2N4. The summed E-state index contributed by atoms with van der Waals surface area (Å²) in [5.74, 6) is 0. The van der Waals surface area contributed by atoms with Crippen LogP contribution in [0.2, 0.25) is 0 Å². The fourth-order valence-corrected chi connectivity index (χ4v) is 2.95. The van der Waals surface area contributed by atoms with Crippen molar-refractivity contribution < 1.29 is 8.78 Å². The summed E-state index contributed by atoms with van der Waals surface area (Å²) < 4.78 is 28.4. The number of hydrogen-bond donors (Lipinski definition) is 1. The Morgan fingerprint density at radius 1 is 1.17 bits per heavy atom. The topological polar surface area (TPSA) is 46.5 Å². The number of alkyl halides is 2. The number of benzene rings is 1. The second-order valence-electron chi connectivity index (χ2n) is 5.68. The third-order valence-electron chi connectivity index (χ3n) is 4.07. The van der Waals surface area contributed by atoms with Crippen LogP contribution in [0.15, 0.2) is 36.7 Å². The van der Waals surface area contributed by atoms with Crippen LogP contribution in [0, 0.1) is 13.8 Å². The van der Waals surface area contributed by atoms with Crippen molar-refractivity contribution in [2.24, 2.45) is 0 Å². The molecule has 0 aliphatic carbocycles. The van der Waals surface area contributed by atoms with Gasteiger partial charge in [-0.1, -0.05) is 0 Å². The van der Waals surface area contributed by atoms with Crippen molar-refractivity contribution in [1.29, 1.82) is 0 Å². The molecule has 116 valence electrons. The number of aromatic amines is 1. The lowest BCUT2D eigenvalue weighted by Gasteiger charge is -2.07. The number of hydrogen-bond acceptors (Lipinski definition) is 2. The van der Waals surface area contributed by atoms with Crippen molar-refractivity contribution in [3.63, 3.8) is 0 Å². The molecule has 0 amide bonds. The van der Waals surface area contributed by atoms with Gasteiger partial charge < -0.3 is 4.57 Å². The van der Waals surface area contributed by atoms with Crippen LogP contribution >= 0.6 is 0 Å². The second-order valence-corrected chi connectivity index (χ2v) is 5.68. The van der Waals surface area contributed by atoms with Crippen LogP contribution in [-0.2, 0) is 0 Å². The number of pyridine rings is 1. The van der Waals surface area contributed by atoms with Gasteiger partial charge in [0, 0.05) is 33.9 Å². The van der Waals surface area contributed by atoms with E-state index in [1.54, 1.807) is 22.9 Å². The largest absolute Gasteiger partial charge is 0.301 e. The lowest BCUT2D eigenvalue weighted by atomic mass is 10.1. The monoisotopic (exact) mass is 312 g/mol. The molecule has 0 aliphatic heterocycles. The maximum absolute atomic E-state index is 13.4. The SMILES string of the molecule is Cc1ccc2c(C(F)F)cn(-c3cc(C)c4[nH]ncc4c3)c2n1. The van der Waals surface area contributed by atoms with Crippen LogP contribution in [0.4, 0.5) is 8.78 Å². The summed E-state index contributed by atoms with van der Waals surface area (Å²) in [5.41, 5.74) is 4.08. The van der Waals surface area contributed by atoms with Gasteiger partial charge in [0.25, 0.3) is 6.43 Å². The average molecular weight is 312 g/mol. The van der Waals surface area contributed by atoms with Gasteiger partial charge in [-0.05, 0) is 43.7 Å². The molecule has 23 heavy (non-hydrogen) atoms. The molecule has 0 atom stereocenters. The first-order valence-electron chi connectivity index (χ1n) is 7.25. The van der Waals surface area contributed by atoms with E-state index in [-0.39, 0.29) is 5.56 Å². The van der Waals surface area contributed by atoms with Crippen molar-refractivity contribution in [2.45, 2.75) is 20.3 Å². The maximum atomic E-state index is 13.4. The fourth-order valence-electron chi connectivity index (χ4n) is 2.95. The van der Waals surface area contributed by atoms with Crippen LogP contribution in [0.1, 0.15) is 23.2 Å². The number of rotatable bonds is 2. The number of H-pyrrole nitrogens is 1. The van der Waals surface area contributed by atoms with Gasteiger partial charge >= 0.3 is 0 Å². The number of nitrogens with zero attached hydrogens (tertiary/aromatic N) is 3. The molecule has 1 N–H and O–H groups in total. The molecule has 0 radical (unpaired) electrons. The van der Waals surface area contributed by atoms with Crippen LogP contribution in [0.25, 0.3) is 27.6 Å². The quantitative estimate of drug-likeness (QED) is 0.594. The summed E-state index contributed by atoms with van der Waals surface area (Å²) in [6, 6.07) is 7.33. The molecular weight excluding hydrogens is 298 g/mol. The van der Waals surface area contributed by atoms with Crippen molar-refractivity contribution >= 4 is 21.9 Å². The zero-order valence-electron chi connectivity index (χ0n) is 12.6. The molecule has 0 fully saturated rings. The summed E-state index contributed by atoms with van der Waals surface area (Å²) in [7, 11) is 0. The van der Waals surface area contributed by atoms with Crippen molar-refractivity contribution in [3.8, 4) is 5.69 Å².